The van der Waals surface area contributed by atoms with Crippen LogP contribution in [0.5, 0.6) is 0 Å². The van der Waals surface area contributed by atoms with Crippen LogP contribution in [0.4, 0.5) is 5.69 Å². The maximum Gasteiger partial charge on any atom is 0.0414 e. The van der Waals surface area contributed by atoms with Crippen LogP contribution in [0.2, 0.25) is 0 Å². The highest BCUT2D eigenvalue weighted by atomic mass is 15.1. The molecule has 0 aromatic heterocycles. The van der Waals surface area contributed by atoms with E-state index < -0.39 is 0 Å². The van der Waals surface area contributed by atoms with Gasteiger partial charge in [0.1, 0.15) is 0 Å². The van der Waals surface area contributed by atoms with E-state index in [1.54, 1.807) is 0 Å². The summed E-state index contributed by atoms with van der Waals surface area (Å²) in [5, 5.41) is 3.38. The lowest BCUT2D eigenvalue weighted by molar-refractivity contribution is 0.575. The van der Waals surface area contributed by atoms with Crippen molar-refractivity contribution in [2.45, 2.75) is 33.2 Å². The van der Waals surface area contributed by atoms with E-state index in [0.29, 0.717) is 6.04 Å². The Hall–Kier alpha value is -1.02. The van der Waals surface area contributed by atoms with Crippen molar-refractivity contribution < 1.29 is 0 Å². The van der Waals surface area contributed by atoms with Gasteiger partial charge in [-0.05, 0) is 38.9 Å². The molecule has 0 aliphatic carbocycles. The molecule has 16 heavy (non-hydrogen) atoms. The van der Waals surface area contributed by atoms with Crippen molar-refractivity contribution >= 4 is 5.69 Å². The molecule has 0 fully saturated rings. The lowest BCUT2D eigenvalue weighted by Gasteiger charge is -2.27. The third-order valence-electron chi connectivity index (χ3n) is 3.17. The van der Waals surface area contributed by atoms with Crippen LogP contribution >= 0.6 is 0 Å². The van der Waals surface area contributed by atoms with Gasteiger partial charge in [0.2, 0.25) is 0 Å². The quantitative estimate of drug-likeness (QED) is 0.792. The molecule has 0 radical (unpaired) electrons. The number of nitrogens with one attached hydrogen (secondary N) is 1. The second kappa shape index (κ2) is 6.54. The first-order valence-electron chi connectivity index (χ1n) is 6.29. The molecule has 0 aliphatic heterocycles. The average molecular weight is 220 g/mol. The number of hydrogen-bond donors (Lipinski definition) is 1. The molecule has 0 bridgehead atoms. The van der Waals surface area contributed by atoms with E-state index in [0.717, 1.165) is 19.5 Å². The largest absolute Gasteiger partial charge is 0.372 e. The predicted octanol–water partition coefficient (Wildman–Crippen LogP) is 3.20. The Labute approximate surface area is 99.7 Å². The molecule has 90 valence electrons. The molecule has 1 unspecified atom stereocenters. The summed E-state index contributed by atoms with van der Waals surface area (Å²) < 4.78 is 0. The highest BCUT2D eigenvalue weighted by Crippen LogP contribution is 2.27. The van der Waals surface area contributed by atoms with Crippen LogP contribution in [-0.2, 0) is 0 Å². The third-order valence-corrected chi connectivity index (χ3v) is 3.17. The smallest absolute Gasteiger partial charge is 0.0414 e. The average Bonchev–Trinajstić information content (AvgIpc) is 2.34. The number of rotatable bonds is 6. The van der Waals surface area contributed by atoms with Gasteiger partial charge in [-0.3, -0.25) is 0 Å². The maximum atomic E-state index is 3.38. The van der Waals surface area contributed by atoms with E-state index in [2.05, 4.69) is 55.3 Å². The Morgan fingerprint density at radius 3 is 2.25 bits per heavy atom. The lowest BCUT2D eigenvalue weighted by atomic mass is 10.0. The molecule has 2 heteroatoms. The highest BCUT2D eigenvalue weighted by molar-refractivity contribution is 5.54. The fourth-order valence-electron chi connectivity index (χ4n) is 2.21. The Kier molecular flexibility index (Phi) is 5.33. The van der Waals surface area contributed by atoms with Gasteiger partial charge in [-0.15, -0.1) is 0 Å². The molecule has 1 N–H and O–H groups in total. The van der Waals surface area contributed by atoms with E-state index in [1.165, 1.54) is 11.3 Å². The molecule has 1 atom stereocenters. The minimum absolute atomic E-state index is 0.455. The van der Waals surface area contributed by atoms with Crippen molar-refractivity contribution in [3.8, 4) is 0 Å². The van der Waals surface area contributed by atoms with E-state index in [1.807, 2.05) is 7.05 Å². The summed E-state index contributed by atoms with van der Waals surface area (Å²) in [7, 11) is 2.03. The van der Waals surface area contributed by atoms with Gasteiger partial charge in [0.25, 0.3) is 0 Å². The lowest BCUT2D eigenvalue weighted by Crippen LogP contribution is -2.25. The third kappa shape index (κ3) is 2.76. The van der Waals surface area contributed by atoms with Gasteiger partial charge in [0.05, 0.1) is 0 Å². The van der Waals surface area contributed by atoms with Crippen LogP contribution in [0, 0.1) is 0 Å². The Bertz CT molecular complexity index is 270. The van der Waals surface area contributed by atoms with Crippen LogP contribution in [0.25, 0.3) is 0 Å². The first-order valence-corrected chi connectivity index (χ1v) is 6.29. The number of benzene rings is 1. The van der Waals surface area contributed by atoms with Gasteiger partial charge >= 0.3 is 0 Å². The second-order valence-corrected chi connectivity index (χ2v) is 3.98. The molecule has 1 aromatic carbocycles. The zero-order valence-corrected chi connectivity index (χ0v) is 11.0. The van der Waals surface area contributed by atoms with Crippen LogP contribution < -0.4 is 10.2 Å². The summed E-state index contributed by atoms with van der Waals surface area (Å²) in [5.41, 5.74) is 2.78. The van der Waals surface area contributed by atoms with Crippen LogP contribution in [0.3, 0.4) is 0 Å². The van der Waals surface area contributed by atoms with Gasteiger partial charge in [-0.1, -0.05) is 25.1 Å². The molecule has 1 aromatic rings. The summed E-state index contributed by atoms with van der Waals surface area (Å²) in [6.07, 6.45) is 1.12. The molecule has 0 amide bonds. The van der Waals surface area contributed by atoms with Crippen LogP contribution in [0.15, 0.2) is 24.3 Å². The van der Waals surface area contributed by atoms with Crippen molar-refractivity contribution in [3.63, 3.8) is 0 Å². The summed E-state index contributed by atoms with van der Waals surface area (Å²) in [6, 6.07) is 9.17. The molecule has 0 aliphatic rings. The Morgan fingerprint density at radius 1 is 1.12 bits per heavy atom. The van der Waals surface area contributed by atoms with E-state index in [-0.39, 0.29) is 0 Å². The molecule has 0 spiro atoms. The first-order chi connectivity index (χ1) is 7.78. The van der Waals surface area contributed by atoms with Gasteiger partial charge in [0.15, 0.2) is 0 Å². The fraction of sp³-hybridized carbons (Fsp3) is 0.571. The molecule has 0 heterocycles. The fourth-order valence-corrected chi connectivity index (χ4v) is 2.21. The minimum Gasteiger partial charge on any atom is -0.372 e. The zero-order chi connectivity index (χ0) is 12.0. The maximum absolute atomic E-state index is 3.38. The summed E-state index contributed by atoms with van der Waals surface area (Å²) in [5.74, 6) is 0. The molecular formula is C14H24N2. The first kappa shape index (κ1) is 13.0. The van der Waals surface area contributed by atoms with Gasteiger partial charge in [-0.2, -0.15) is 0 Å². The standard InChI is InChI=1S/C14H24N2/c1-5-13(15-4)12-10-8-9-11-14(12)16(6-2)7-3/h8-11,13,15H,5-7H2,1-4H3. The van der Waals surface area contributed by atoms with Crippen LogP contribution in [0.1, 0.15) is 38.8 Å². The number of nitrogens with zero attached hydrogens (tertiary/aromatic N) is 1. The van der Waals surface area contributed by atoms with Crippen molar-refractivity contribution in [2.75, 3.05) is 25.0 Å². The van der Waals surface area contributed by atoms with Crippen molar-refractivity contribution in [1.82, 2.24) is 5.32 Å². The topological polar surface area (TPSA) is 15.3 Å². The van der Waals surface area contributed by atoms with Crippen LogP contribution in [-0.4, -0.2) is 20.1 Å². The molecule has 0 saturated heterocycles. The second-order valence-electron chi connectivity index (χ2n) is 3.98. The molecule has 2 nitrogen and oxygen atoms in total. The van der Waals surface area contributed by atoms with Crippen molar-refractivity contribution in [3.05, 3.63) is 29.8 Å². The van der Waals surface area contributed by atoms with Gasteiger partial charge in [-0.25, -0.2) is 0 Å². The number of para-hydroxylation sites is 1. The Morgan fingerprint density at radius 2 is 1.75 bits per heavy atom. The van der Waals surface area contributed by atoms with Gasteiger partial charge in [0, 0.05) is 24.8 Å². The number of anilines is 1. The minimum atomic E-state index is 0.455. The van der Waals surface area contributed by atoms with E-state index in [9.17, 15) is 0 Å². The van der Waals surface area contributed by atoms with E-state index >= 15 is 0 Å². The highest BCUT2D eigenvalue weighted by Gasteiger charge is 2.13. The summed E-state index contributed by atoms with van der Waals surface area (Å²) in [4.78, 5) is 2.41. The van der Waals surface area contributed by atoms with Gasteiger partial charge < -0.3 is 10.2 Å². The Balaban J connectivity index is 3.07. The zero-order valence-electron chi connectivity index (χ0n) is 11.0. The molecule has 1 rings (SSSR count). The molecule has 0 saturated carbocycles. The summed E-state index contributed by atoms with van der Waals surface area (Å²) >= 11 is 0. The molecular weight excluding hydrogens is 196 g/mol. The summed E-state index contributed by atoms with van der Waals surface area (Å²) in [6.45, 7) is 8.77. The van der Waals surface area contributed by atoms with Crippen molar-refractivity contribution in [2.24, 2.45) is 0 Å². The number of hydrogen-bond acceptors (Lipinski definition) is 2. The van der Waals surface area contributed by atoms with Crippen molar-refractivity contribution in [1.29, 1.82) is 0 Å². The normalized spacial score (nSPS) is 12.5. The predicted molar refractivity (Wildman–Crippen MR) is 72.1 cm³/mol. The van der Waals surface area contributed by atoms with E-state index in [4.69, 9.17) is 0 Å². The monoisotopic (exact) mass is 220 g/mol. The SMILES string of the molecule is CCC(NC)c1ccccc1N(CC)CC.